The van der Waals surface area contributed by atoms with Crippen LogP contribution in [0.5, 0.6) is 0 Å². The highest BCUT2D eigenvalue weighted by molar-refractivity contribution is 7.91. The van der Waals surface area contributed by atoms with E-state index in [0.29, 0.717) is 6.54 Å². The van der Waals surface area contributed by atoms with E-state index < -0.39 is 9.84 Å². The molecule has 6 nitrogen and oxygen atoms in total. The minimum Gasteiger partial charge on any atom is -0.395 e. The predicted molar refractivity (Wildman–Crippen MR) is 59.8 cm³/mol. The minimum atomic E-state index is -3.00. The molecule has 1 aliphatic rings. The second kappa shape index (κ2) is 5.60. The maximum Gasteiger partial charge on any atom is 0.223 e. The Balaban J connectivity index is 2.45. The van der Waals surface area contributed by atoms with E-state index >= 15 is 0 Å². The van der Waals surface area contributed by atoms with Gasteiger partial charge in [0.15, 0.2) is 9.84 Å². The summed E-state index contributed by atoms with van der Waals surface area (Å²) in [5, 5.41) is 11.7. The maximum absolute atomic E-state index is 11.6. The van der Waals surface area contributed by atoms with Crippen LogP contribution in [0.15, 0.2) is 0 Å². The number of likely N-dealkylation sites (N-methyl/N-ethyl adjacent to an activating group) is 1. The van der Waals surface area contributed by atoms with Gasteiger partial charge in [0.2, 0.25) is 5.91 Å². The molecule has 0 aliphatic carbocycles. The van der Waals surface area contributed by atoms with Gasteiger partial charge in [0, 0.05) is 32.6 Å². The Morgan fingerprint density at radius 2 is 2.25 bits per heavy atom. The van der Waals surface area contributed by atoms with Crippen LogP contribution in [-0.4, -0.2) is 68.6 Å². The van der Waals surface area contributed by atoms with Gasteiger partial charge >= 0.3 is 0 Å². The van der Waals surface area contributed by atoms with Crippen LogP contribution >= 0.6 is 0 Å². The van der Waals surface area contributed by atoms with Crippen LogP contribution in [0.2, 0.25) is 0 Å². The first kappa shape index (κ1) is 13.4. The third-order valence-electron chi connectivity index (χ3n) is 2.58. The molecule has 7 heteroatoms. The number of nitrogens with one attached hydrogen (secondary N) is 1. The molecule has 1 rings (SSSR count). The van der Waals surface area contributed by atoms with Gasteiger partial charge < -0.3 is 15.3 Å². The molecule has 1 heterocycles. The van der Waals surface area contributed by atoms with Crippen LogP contribution < -0.4 is 5.32 Å². The molecule has 1 aliphatic heterocycles. The largest absolute Gasteiger partial charge is 0.395 e. The van der Waals surface area contributed by atoms with E-state index in [2.05, 4.69) is 5.32 Å². The summed E-state index contributed by atoms with van der Waals surface area (Å²) in [4.78, 5) is 13.0. The zero-order valence-corrected chi connectivity index (χ0v) is 10.2. The van der Waals surface area contributed by atoms with Gasteiger partial charge in [-0.1, -0.05) is 0 Å². The molecule has 2 N–H and O–H groups in total. The summed E-state index contributed by atoms with van der Waals surface area (Å²) in [6.45, 7) is 0.598. The number of nitrogens with zero attached hydrogens (tertiary/aromatic N) is 1. The van der Waals surface area contributed by atoms with Crippen molar-refractivity contribution in [3.8, 4) is 0 Å². The number of sulfone groups is 1. The maximum atomic E-state index is 11.6. The first-order chi connectivity index (χ1) is 7.44. The van der Waals surface area contributed by atoms with Crippen molar-refractivity contribution < 1.29 is 18.3 Å². The summed E-state index contributed by atoms with van der Waals surface area (Å²) in [6.07, 6.45) is 0.162. The smallest absolute Gasteiger partial charge is 0.223 e. The number of carbonyl (C=O) groups is 1. The Labute approximate surface area is 95.5 Å². The van der Waals surface area contributed by atoms with Gasteiger partial charge in [0.25, 0.3) is 0 Å². The predicted octanol–water partition coefficient (Wildman–Crippen LogP) is -1.79. The highest BCUT2D eigenvalue weighted by atomic mass is 32.2. The molecule has 1 amide bonds. The van der Waals surface area contributed by atoms with E-state index in [4.69, 9.17) is 5.11 Å². The lowest BCUT2D eigenvalue weighted by molar-refractivity contribution is -0.130. The molecule has 1 unspecified atom stereocenters. The number of rotatable bonds is 4. The third-order valence-corrected chi connectivity index (χ3v) is 4.32. The molecular formula is C9H18N2O4S. The van der Waals surface area contributed by atoms with Crippen LogP contribution in [0, 0.1) is 0 Å². The van der Waals surface area contributed by atoms with E-state index in [9.17, 15) is 13.2 Å². The van der Waals surface area contributed by atoms with Crippen molar-refractivity contribution in [3.63, 3.8) is 0 Å². The fraction of sp³-hybridized carbons (Fsp3) is 0.889. The van der Waals surface area contributed by atoms with Crippen molar-refractivity contribution >= 4 is 15.7 Å². The van der Waals surface area contributed by atoms with Gasteiger partial charge in [-0.3, -0.25) is 4.79 Å². The zero-order valence-electron chi connectivity index (χ0n) is 9.35. The normalized spacial score (nSPS) is 24.0. The van der Waals surface area contributed by atoms with Gasteiger partial charge in [-0.05, 0) is 0 Å². The van der Waals surface area contributed by atoms with Crippen LogP contribution in [0.3, 0.4) is 0 Å². The Bertz CT molecular complexity index is 341. The summed E-state index contributed by atoms with van der Waals surface area (Å²) in [5.41, 5.74) is 0. The van der Waals surface area contributed by atoms with E-state index in [1.807, 2.05) is 0 Å². The standard InChI is InChI=1S/C9H18N2O4S/c1-11(3-4-12)9(13)6-8-7-16(14,15)5-2-10-8/h8,10,12H,2-7H2,1H3. The highest BCUT2D eigenvalue weighted by Gasteiger charge is 2.26. The molecule has 0 radical (unpaired) electrons. The lowest BCUT2D eigenvalue weighted by Crippen LogP contribution is -2.47. The first-order valence-electron chi connectivity index (χ1n) is 5.23. The summed E-state index contributed by atoms with van der Waals surface area (Å²) in [5.74, 6) is 0.0132. The Morgan fingerprint density at radius 1 is 1.56 bits per heavy atom. The van der Waals surface area contributed by atoms with Gasteiger partial charge in [-0.2, -0.15) is 0 Å². The molecular weight excluding hydrogens is 232 g/mol. The SMILES string of the molecule is CN(CCO)C(=O)CC1CS(=O)(=O)CCN1. The van der Waals surface area contributed by atoms with Gasteiger partial charge in [0.05, 0.1) is 18.1 Å². The molecule has 94 valence electrons. The van der Waals surface area contributed by atoms with Crippen molar-refractivity contribution in [2.75, 3.05) is 38.2 Å². The summed E-state index contributed by atoms with van der Waals surface area (Å²) < 4.78 is 22.7. The van der Waals surface area contributed by atoms with Crippen LogP contribution in [-0.2, 0) is 14.6 Å². The van der Waals surface area contributed by atoms with Crippen molar-refractivity contribution in [2.24, 2.45) is 0 Å². The summed E-state index contributed by atoms with van der Waals surface area (Å²) in [6, 6.07) is -0.299. The second-order valence-electron chi connectivity index (χ2n) is 4.01. The van der Waals surface area contributed by atoms with Crippen LogP contribution in [0.4, 0.5) is 0 Å². The molecule has 1 fully saturated rings. The van der Waals surface area contributed by atoms with Crippen molar-refractivity contribution in [3.05, 3.63) is 0 Å². The highest BCUT2D eigenvalue weighted by Crippen LogP contribution is 2.06. The Hall–Kier alpha value is -0.660. The number of aliphatic hydroxyl groups is 1. The van der Waals surface area contributed by atoms with E-state index in [1.54, 1.807) is 7.05 Å². The molecule has 0 aromatic heterocycles. The molecule has 0 aromatic rings. The van der Waals surface area contributed by atoms with Gasteiger partial charge in [0.1, 0.15) is 0 Å². The Morgan fingerprint density at radius 3 is 2.81 bits per heavy atom. The fourth-order valence-corrected chi connectivity index (χ4v) is 3.08. The second-order valence-corrected chi connectivity index (χ2v) is 6.24. The summed E-state index contributed by atoms with van der Waals surface area (Å²) in [7, 11) is -1.41. The monoisotopic (exact) mass is 250 g/mol. The van der Waals surface area contributed by atoms with Gasteiger partial charge in [-0.25, -0.2) is 8.42 Å². The number of amides is 1. The lowest BCUT2D eigenvalue weighted by atomic mass is 10.2. The fourth-order valence-electron chi connectivity index (χ4n) is 1.64. The van der Waals surface area contributed by atoms with E-state index in [-0.39, 0.29) is 43.0 Å². The molecule has 0 aromatic carbocycles. The van der Waals surface area contributed by atoms with E-state index in [0.717, 1.165) is 0 Å². The van der Waals surface area contributed by atoms with Crippen molar-refractivity contribution in [1.82, 2.24) is 10.2 Å². The summed E-state index contributed by atoms with van der Waals surface area (Å²) >= 11 is 0. The molecule has 1 atom stereocenters. The van der Waals surface area contributed by atoms with Crippen molar-refractivity contribution in [2.45, 2.75) is 12.5 Å². The molecule has 1 saturated heterocycles. The number of carbonyl (C=O) groups excluding carboxylic acids is 1. The van der Waals surface area contributed by atoms with Crippen LogP contribution in [0.25, 0.3) is 0 Å². The average Bonchev–Trinajstić information content (AvgIpc) is 2.16. The van der Waals surface area contributed by atoms with Crippen LogP contribution in [0.1, 0.15) is 6.42 Å². The number of hydrogen-bond acceptors (Lipinski definition) is 5. The van der Waals surface area contributed by atoms with Gasteiger partial charge in [-0.15, -0.1) is 0 Å². The lowest BCUT2D eigenvalue weighted by Gasteiger charge is -2.25. The first-order valence-corrected chi connectivity index (χ1v) is 7.05. The molecule has 16 heavy (non-hydrogen) atoms. The minimum absolute atomic E-state index is 0.0195. The topological polar surface area (TPSA) is 86.7 Å². The van der Waals surface area contributed by atoms with Crippen molar-refractivity contribution in [1.29, 1.82) is 0 Å². The molecule has 0 bridgehead atoms. The number of hydrogen-bond donors (Lipinski definition) is 2. The quantitative estimate of drug-likeness (QED) is 0.615. The Kier molecular flexibility index (Phi) is 4.69. The zero-order chi connectivity index (χ0) is 12.2. The van der Waals surface area contributed by atoms with E-state index in [1.165, 1.54) is 4.90 Å². The number of aliphatic hydroxyl groups excluding tert-OH is 1. The molecule has 0 saturated carbocycles. The molecule has 0 spiro atoms. The third kappa shape index (κ3) is 4.07. The average molecular weight is 250 g/mol.